The lowest BCUT2D eigenvalue weighted by Gasteiger charge is -2.17. The molecule has 0 bridgehead atoms. The largest absolute Gasteiger partial charge is 0.477 e. The van der Waals surface area contributed by atoms with Gasteiger partial charge in [-0.1, -0.05) is 0 Å². The fourth-order valence-corrected chi connectivity index (χ4v) is 2.65. The summed E-state index contributed by atoms with van der Waals surface area (Å²) in [6, 6.07) is 1.82. The number of carbonyl (C=O) groups is 2. The number of carboxylic acid groups (broad SMARTS) is 1. The quantitative estimate of drug-likeness (QED) is 0.836. The summed E-state index contributed by atoms with van der Waals surface area (Å²) in [7, 11) is 0. The molecule has 1 saturated heterocycles. The standard InChI is InChI=1S/C11H14N2O3S/c14-9-7-13(4-1-3-12-9)6-8-2-5-17-10(8)11(15)16/h2,5H,1,3-4,6-7H2,(H,12,14)(H,15,16). The van der Waals surface area contributed by atoms with E-state index in [0.717, 1.165) is 18.5 Å². The first-order chi connectivity index (χ1) is 8.16. The van der Waals surface area contributed by atoms with Crippen LogP contribution in [0.3, 0.4) is 0 Å². The van der Waals surface area contributed by atoms with Crippen LogP contribution in [-0.4, -0.2) is 41.5 Å². The summed E-state index contributed by atoms with van der Waals surface area (Å²) in [5.74, 6) is -0.885. The number of nitrogens with one attached hydrogen (secondary N) is 1. The van der Waals surface area contributed by atoms with Crippen molar-refractivity contribution in [2.75, 3.05) is 19.6 Å². The topological polar surface area (TPSA) is 69.6 Å². The molecule has 1 fully saturated rings. The molecule has 0 aliphatic carbocycles. The van der Waals surface area contributed by atoms with E-state index >= 15 is 0 Å². The molecule has 1 amide bonds. The summed E-state index contributed by atoms with van der Waals surface area (Å²) >= 11 is 1.23. The minimum Gasteiger partial charge on any atom is -0.477 e. The van der Waals surface area contributed by atoms with Crippen molar-refractivity contribution >= 4 is 23.2 Å². The number of carbonyl (C=O) groups excluding carboxylic acids is 1. The molecule has 0 unspecified atom stereocenters. The maximum Gasteiger partial charge on any atom is 0.346 e. The van der Waals surface area contributed by atoms with Crippen LogP contribution in [0.25, 0.3) is 0 Å². The highest BCUT2D eigenvalue weighted by Crippen LogP contribution is 2.19. The highest BCUT2D eigenvalue weighted by molar-refractivity contribution is 7.12. The number of hydrogen-bond donors (Lipinski definition) is 2. The Morgan fingerprint density at radius 3 is 3.18 bits per heavy atom. The molecule has 17 heavy (non-hydrogen) atoms. The zero-order valence-electron chi connectivity index (χ0n) is 9.31. The number of thiophene rings is 1. The number of rotatable bonds is 3. The summed E-state index contributed by atoms with van der Waals surface area (Å²) in [6.45, 7) is 2.38. The fourth-order valence-electron chi connectivity index (χ4n) is 1.89. The smallest absolute Gasteiger partial charge is 0.346 e. The minimum atomic E-state index is -0.894. The van der Waals surface area contributed by atoms with Gasteiger partial charge in [-0.15, -0.1) is 11.3 Å². The molecular formula is C11H14N2O3S. The third-order valence-electron chi connectivity index (χ3n) is 2.68. The van der Waals surface area contributed by atoms with Crippen molar-refractivity contribution in [1.29, 1.82) is 0 Å². The van der Waals surface area contributed by atoms with E-state index in [0.29, 0.717) is 24.5 Å². The van der Waals surface area contributed by atoms with Gasteiger partial charge in [-0.25, -0.2) is 4.79 Å². The van der Waals surface area contributed by atoms with Gasteiger partial charge in [0, 0.05) is 19.6 Å². The lowest BCUT2D eigenvalue weighted by Crippen LogP contribution is -2.32. The Morgan fingerprint density at radius 2 is 2.41 bits per heavy atom. The first-order valence-corrected chi connectivity index (χ1v) is 6.33. The van der Waals surface area contributed by atoms with Crippen molar-refractivity contribution in [2.24, 2.45) is 0 Å². The Kier molecular flexibility index (Phi) is 3.75. The van der Waals surface area contributed by atoms with Crippen molar-refractivity contribution in [3.05, 3.63) is 21.9 Å². The van der Waals surface area contributed by atoms with Crippen LogP contribution in [-0.2, 0) is 11.3 Å². The third kappa shape index (κ3) is 3.04. The molecule has 0 aromatic carbocycles. The second-order valence-corrected chi connectivity index (χ2v) is 4.91. The Morgan fingerprint density at radius 1 is 1.59 bits per heavy atom. The Labute approximate surface area is 103 Å². The maximum absolute atomic E-state index is 11.4. The van der Waals surface area contributed by atoms with E-state index in [2.05, 4.69) is 5.32 Å². The number of aromatic carboxylic acids is 1. The highest BCUT2D eigenvalue weighted by atomic mass is 32.1. The van der Waals surface area contributed by atoms with Crippen LogP contribution in [0.2, 0.25) is 0 Å². The van der Waals surface area contributed by atoms with Gasteiger partial charge in [-0.2, -0.15) is 0 Å². The average Bonchev–Trinajstić information content (AvgIpc) is 2.62. The van der Waals surface area contributed by atoms with Gasteiger partial charge in [0.25, 0.3) is 0 Å². The van der Waals surface area contributed by atoms with Crippen LogP contribution in [0.1, 0.15) is 21.7 Å². The predicted octanol–water partition coefficient (Wildman–Crippen LogP) is 0.768. The monoisotopic (exact) mass is 254 g/mol. The van der Waals surface area contributed by atoms with Crippen molar-refractivity contribution < 1.29 is 14.7 Å². The average molecular weight is 254 g/mol. The molecule has 2 heterocycles. The van der Waals surface area contributed by atoms with E-state index in [1.807, 2.05) is 11.0 Å². The van der Waals surface area contributed by atoms with E-state index in [-0.39, 0.29) is 5.91 Å². The summed E-state index contributed by atoms with van der Waals surface area (Å²) in [5.41, 5.74) is 0.789. The van der Waals surface area contributed by atoms with Gasteiger partial charge < -0.3 is 10.4 Å². The Balaban J connectivity index is 2.06. The molecule has 1 aliphatic heterocycles. The van der Waals surface area contributed by atoms with Crippen LogP contribution in [0.5, 0.6) is 0 Å². The number of nitrogens with zero attached hydrogens (tertiary/aromatic N) is 1. The lowest BCUT2D eigenvalue weighted by atomic mass is 10.2. The molecule has 1 aromatic rings. The molecule has 0 saturated carbocycles. The highest BCUT2D eigenvalue weighted by Gasteiger charge is 2.18. The van der Waals surface area contributed by atoms with E-state index < -0.39 is 5.97 Å². The van der Waals surface area contributed by atoms with Crippen LogP contribution in [0.15, 0.2) is 11.4 Å². The SMILES string of the molecule is O=C1CN(Cc2ccsc2C(=O)O)CCCN1. The third-order valence-corrected chi connectivity index (χ3v) is 3.62. The summed E-state index contributed by atoms with van der Waals surface area (Å²) in [4.78, 5) is 24.7. The lowest BCUT2D eigenvalue weighted by molar-refractivity contribution is -0.121. The molecular weight excluding hydrogens is 240 g/mol. The van der Waals surface area contributed by atoms with E-state index in [9.17, 15) is 9.59 Å². The predicted molar refractivity (Wildman–Crippen MR) is 64.2 cm³/mol. The molecule has 2 N–H and O–H groups in total. The van der Waals surface area contributed by atoms with Crippen LogP contribution < -0.4 is 5.32 Å². The van der Waals surface area contributed by atoms with Crippen LogP contribution >= 0.6 is 11.3 Å². The second-order valence-electron chi connectivity index (χ2n) is 3.99. The zero-order chi connectivity index (χ0) is 12.3. The van der Waals surface area contributed by atoms with Crippen molar-refractivity contribution in [3.8, 4) is 0 Å². The first-order valence-electron chi connectivity index (χ1n) is 5.45. The van der Waals surface area contributed by atoms with Gasteiger partial charge in [-0.3, -0.25) is 9.69 Å². The zero-order valence-corrected chi connectivity index (χ0v) is 10.1. The minimum absolute atomic E-state index is 0.00889. The molecule has 5 nitrogen and oxygen atoms in total. The molecule has 0 atom stereocenters. The van der Waals surface area contributed by atoms with E-state index in [1.165, 1.54) is 11.3 Å². The summed E-state index contributed by atoms with van der Waals surface area (Å²) < 4.78 is 0. The van der Waals surface area contributed by atoms with Crippen molar-refractivity contribution in [2.45, 2.75) is 13.0 Å². The van der Waals surface area contributed by atoms with E-state index in [1.54, 1.807) is 5.38 Å². The maximum atomic E-state index is 11.4. The second kappa shape index (κ2) is 5.29. The number of amides is 1. The van der Waals surface area contributed by atoms with E-state index in [4.69, 9.17) is 5.11 Å². The van der Waals surface area contributed by atoms with Crippen LogP contribution in [0.4, 0.5) is 0 Å². The first kappa shape index (κ1) is 12.1. The Bertz CT molecular complexity index is 430. The Hall–Kier alpha value is -1.40. The van der Waals surface area contributed by atoms with Gasteiger partial charge in [0.15, 0.2) is 0 Å². The molecule has 0 spiro atoms. The fraction of sp³-hybridized carbons (Fsp3) is 0.455. The molecule has 1 aromatic heterocycles. The summed E-state index contributed by atoms with van der Waals surface area (Å²) in [6.07, 6.45) is 0.901. The van der Waals surface area contributed by atoms with Crippen molar-refractivity contribution in [1.82, 2.24) is 10.2 Å². The normalized spacial score (nSPS) is 17.5. The van der Waals surface area contributed by atoms with Gasteiger partial charge in [-0.05, 0) is 23.4 Å². The molecule has 6 heteroatoms. The molecule has 92 valence electrons. The molecule has 1 aliphatic rings. The van der Waals surface area contributed by atoms with Crippen molar-refractivity contribution in [3.63, 3.8) is 0 Å². The molecule has 0 radical (unpaired) electrons. The van der Waals surface area contributed by atoms with Gasteiger partial charge in [0.2, 0.25) is 5.91 Å². The van der Waals surface area contributed by atoms with Gasteiger partial charge in [0.1, 0.15) is 4.88 Å². The van der Waals surface area contributed by atoms with Gasteiger partial charge in [0.05, 0.1) is 6.54 Å². The van der Waals surface area contributed by atoms with Gasteiger partial charge >= 0.3 is 5.97 Å². The number of hydrogen-bond acceptors (Lipinski definition) is 4. The van der Waals surface area contributed by atoms with Crippen LogP contribution in [0, 0.1) is 0 Å². The summed E-state index contributed by atoms with van der Waals surface area (Å²) in [5, 5.41) is 13.6. The molecule has 2 rings (SSSR count). The number of carboxylic acids is 1.